The standard InChI is InChI=1S/C14H27NO4/c1-3-19-13(17)12-4-7-14(18,8-5-12)10-15-11(2)6-9-16/h11-12,15-16,18H,3-10H2,1-2H3. The Bertz CT molecular complexity index is 275. The molecule has 0 aromatic carbocycles. The first-order valence-electron chi connectivity index (χ1n) is 7.24. The quantitative estimate of drug-likeness (QED) is 0.599. The fourth-order valence-electron chi connectivity index (χ4n) is 2.49. The van der Waals surface area contributed by atoms with Crippen LogP contribution in [0, 0.1) is 5.92 Å². The summed E-state index contributed by atoms with van der Waals surface area (Å²) in [6.45, 7) is 4.88. The normalized spacial score (nSPS) is 28.9. The van der Waals surface area contributed by atoms with E-state index in [1.54, 1.807) is 0 Å². The van der Waals surface area contributed by atoms with E-state index in [4.69, 9.17) is 9.84 Å². The molecule has 1 aliphatic carbocycles. The van der Waals surface area contributed by atoms with Crippen molar-refractivity contribution in [2.75, 3.05) is 19.8 Å². The van der Waals surface area contributed by atoms with Gasteiger partial charge in [0.15, 0.2) is 0 Å². The number of carbonyl (C=O) groups is 1. The molecule has 0 aromatic rings. The second-order valence-electron chi connectivity index (χ2n) is 5.54. The highest BCUT2D eigenvalue weighted by molar-refractivity contribution is 5.72. The van der Waals surface area contributed by atoms with E-state index in [2.05, 4.69) is 5.32 Å². The Morgan fingerprint density at radius 3 is 2.63 bits per heavy atom. The molecule has 0 amide bonds. The third-order valence-electron chi connectivity index (χ3n) is 3.88. The molecular formula is C14H27NO4. The van der Waals surface area contributed by atoms with Crippen molar-refractivity contribution in [1.82, 2.24) is 5.32 Å². The summed E-state index contributed by atoms with van der Waals surface area (Å²) < 4.78 is 5.02. The minimum absolute atomic E-state index is 0.0601. The van der Waals surface area contributed by atoms with E-state index in [0.29, 0.717) is 45.3 Å². The van der Waals surface area contributed by atoms with Crippen LogP contribution in [0.1, 0.15) is 46.0 Å². The molecule has 112 valence electrons. The topological polar surface area (TPSA) is 78.8 Å². The fourth-order valence-corrected chi connectivity index (χ4v) is 2.49. The first kappa shape index (κ1) is 16.4. The van der Waals surface area contributed by atoms with Crippen LogP contribution in [0.25, 0.3) is 0 Å². The highest BCUT2D eigenvalue weighted by Gasteiger charge is 2.36. The molecule has 0 spiro atoms. The van der Waals surface area contributed by atoms with Gasteiger partial charge in [-0.2, -0.15) is 0 Å². The molecule has 5 heteroatoms. The number of hydrogen-bond acceptors (Lipinski definition) is 5. The number of aliphatic hydroxyl groups is 2. The van der Waals surface area contributed by atoms with Crippen molar-refractivity contribution in [2.45, 2.75) is 57.6 Å². The van der Waals surface area contributed by atoms with Crippen LogP contribution in [-0.2, 0) is 9.53 Å². The molecular weight excluding hydrogens is 246 g/mol. The second kappa shape index (κ2) is 7.82. The summed E-state index contributed by atoms with van der Waals surface area (Å²) in [5.74, 6) is -0.193. The lowest BCUT2D eigenvalue weighted by molar-refractivity contribution is -0.151. The molecule has 0 aliphatic heterocycles. The lowest BCUT2D eigenvalue weighted by Crippen LogP contribution is -2.47. The van der Waals surface area contributed by atoms with E-state index < -0.39 is 5.60 Å². The van der Waals surface area contributed by atoms with E-state index in [1.807, 2.05) is 13.8 Å². The highest BCUT2D eigenvalue weighted by atomic mass is 16.5. The molecule has 1 unspecified atom stereocenters. The van der Waals surface area contributed by atoms with Crippen LogP contribution in [0.3, 0.4) is 0 Å². The monoisotopic (exact) mass is 273 g/mol. The Balaban J connectivity index is 2.32. The van der Waals surface area contributed by atoms with Crippen molar-refractivity contribution in [1.29, 1.82) is 0 Å². The summed E-state index contributed by atoms with van der Waals surface area (Å²) in [7, 11) is 0. The summed E-state index contributed by atoms with van der Waals surface area (Å²) in [6.07, 6.45) is 3.29. The third kappa shape index (κ3) is 5.47. The number of nitrogens with one attached hydrogen (secondary N) is 1. The Kier molecular flexibility index (Phi) is 6.75. The van der Waals surface area contributed by atoms with Gasteiger partial charge in [0.05, 0.1) is 18.1 Å². The molecule has 1 rings (SSSR count). The lowest BCUT2D eigenvalue weighted by Gasteiger charge is -2.36. The summed E-state index contributed by atoms with van der Waals surface area (Å²) in [4.78, 5) is 11.6. The molecule has 0 radical (unpaired) electrons. The molecule has 0 heterocycles. The summed E-state index contributed by atoms with van der Waals surface area (Å²) >= 11 is 0. The van der Waals surface area contributed by atoms with Gasteiger partial charge in [0, 0.05) is 19.2 Å². The van der Waals surface area contributed by atoms with Gasteiger partial charge in [-0.25, -0.2) is 0 Å². The van der Waals surface area contributed by atoms with Crippen LogP contribution in [0.2, 0.25) is 0 Å². The predicted octanol–water partition coefficient (Wildman–Crippen LogP) is 0.831. The number of aliphatic hydroxyl groups excluding tert-OH is 1. The highest BCUT2D eigenvalue weighted by Crippen LogP contribution is 2.32. The largest absolute Gasteiger partial charge is 0.466 e. The van der Waals surface area contributed by atoms with Crippen LogP contribution in [0.15, 0.2) is 0 Å². The van der Waals surface area contributed by atoms with Gasteiger partial charge in [-0.15, -0.1) is 0 Å². The zero-order valence-electron chi connectivity index (χ0n) is 12.0. The SMILES string of the molecule is CCOC(=O)C1CCC(O)(CNC(C)CCO)CC1. The van der Waals surface area contributed by atoms with Crippen LogP contribution in [0.4, 0.5) is 0 Å². The van der Waals surface area contributed by atoms with Crippen molar-refractivity contribution in [3.05, 3.63) is 0 Å². The van der Waals surface area contributed by atoms with Crippen molar-refractivity contribution >= 4 is 5.97 Å². The Hall–Kier alpha value is -0.650. The van der Waals surface area contributed by atoms with Gasteiger partial charge in [0.1, 0.15) is 0 Å². The van der Waals surface area contributed by atoms with Gasteiger partial charge in [-0.05, 0) is 46.0 Å². The number of hydrogen-bond donors (Lipinski definition) is 3. The van der Waals surface area contributed by atoms with E-state index in [-0.39, 0.29) is 24.5 Å². The molecule has 1 saturated carbocycles. The Morgan fingerprint density at radius 2 is 2.11 bits per heavy atom. The van der Waals surface area contributed by atoms with Gasteiger partial charge >= 0.3 is 5.97 Å². The Morgan fingerprint density at radius 1 is 1.47 bits per heavy atom. The van der Waals surface area contributed by atoms with Gasteiger partial charge < -0.3 is 20.3 Å². The summed E-state index contributed by atoms with van der Waals surface area (Å²) in [5, 5.41) is 22.5. The van der Waals surface area contributed by atoms with Crippen LogP contribution < -0.4 is 5.32 Å². The van der Waals surface area contributed by atoms with E-state index in [9.17, 15) is 9.90 Å². The molecule has 0 saturated heterocycles. The predicted molar refractivity (Wildman–Crippen MR) is 72.7 cm³/mol. The summed E-state index contributed by atoms with van der Waals surface area (Å²) in [6, 6.07) is 0.191. The molecule has 1 aliphatic rings. The number of rotatable bonds is 7. The molecule has 1 fully saturated rings. The van der Waals surface area contributed by atoms with E-state index >= 15 is 0 Å². The average molecular weight is 273 g/mol. The molecule has 3 N–H and O–H groups in total. The van der Waals surface area contributed by atoms with Crippen molar-refractivity contribution in [2.24, 2.45) is 5.92 Å². The maximum absolute atomic E-state index is 11.6. The number of ether oxygens (including phenoxy) is 1. The van der Waals surface area contributed by atoms with Crippen LogP contribution >= 0.6 is 0 Å². The van der Waals surface area contributed by atoms with Gasteiger partial charge in [-0.3, -0.25) is 4.79 Å². The minimum atomic E-state index is -0.729. The molecule has 19 heavy (non-hydrogen) atoms. The maximum atomic E-state index is 11.6. The average Bonchev–Trinajstić information content (AvgIpc) is 2.38. The summed E-state index contributed by atoms with van der Waals surface area (Å²) in [5.41, 5.74) is -0.729. The van der Waals surface area contributed by atoms with Gasteiger partial charge in [-0.1, -0.05) is 0 Å². The molecule has 0 aromatic heterocycles. The molecule has 0 bridgehead atoms. The van der Waals surface area contributed by atoms with Crippen LogP contribution in [0.5, 0.6) is 0 Å². The van der Waals surface area contributed by atoms with Crippen molar-refractivity contribution in [3.63, 3.8) is 0 Å². The maximum Gasteiger partial charge on any atom is 0.308 e. The second-order valence-corrected chi connectivity index (χ2v) is 5.54. The van der Waals surface area contributed by atoms with Gasteiger partial charge in [0.25, 0.3) is 0 Å². The lowest BCUT2D eigenvalue weighted by atomic mass is 9.78. The Labute approximate surface area is 115 Å². The van der Waals surface area contributed by atoms with E-state index in [1.165, 1.54) is 0 Å². The molecule has 5 nitrogen and oxygen atoms in total. The zero-order chi connectivity index (χ0) is 14.3. The van der Waals surface area contributed by atoms with Crippen molar-refractivity contribution < 1.29 is 19.7 Å². The molecule has 1 atom stereocenters. The van der Waals surface area contributed by atoms with Gasteiger partial charge in [0.2, 0.25) is 0 Å². The first-order valence-corrected chi connectivity index (χ1v) is 7.24. The first-order chi connectivity index (χ1) is 9.00. The zero-order valence-corrected chi connectivity index (χ0v) is 12.0. The third-order valence-corrected chi connectivity index (χ3v) is 3.88. The number of carbonyl (C=O) groups excluding carboxylic acids is 1. The fraction of sp³-hybridized carbons (Fsp3) is 0.929. The van der Waals surface area contributed by atoms with Crippen molar-refractivity contribution in [3.8, 4) is 0 Å². The minimum Gasteiger partial charge on any atom is -0.466 e. The van der Waals surface area contributed by atoms with Crippen LogP contribution in [-0.4, -0.2) is 47.6 Å². The van der Waals surface area contributed by atoms with E-state index in [0.717, 1.165) is 0 Å². The smallest absolute Gasteiger partial charge is 0.308 e. The number of esters is 1.